The third-order valence-electron chi connectivity index (χ3n) is 2.48. The van der Waals surface area contributed by atoms with Crippen molar-refractivity contribution in [3.8, 4) is 0 Å². The summed E-state index contributed by atoms with van der Waals surface area (Å²) in [5.41, 5.74) is 6.47. The van der Waals surface area contributed by atoms with Gasteiger partial charge in [-0.3, -0.25) is 0 Å². The molecule has 90 valence electrons. The van der Waals surface area contributed by atoms with E-state index in [-0.39, 0.29) is 0 Å². The quantitative estimate of drug-likeness (QED) is 0.831. The number of rotatable bonds is 5. The molecule has 0 fully saturated rings. The van der Waals surface area contributed by atoms with E-state index in [1.165, 1.54) is 11.4 Å². The van der Waals surface area contributed by atoms with Gasteiger partial charge < -0.3 is 5.73 Å². The first-order valence-corrected chi connectivity index (χ1v) is 6.71. The molecule has 1 aromatic carbocycles. The Balaban J connectivity index is 2.98. The molecule has 0 heterocycles. The molecule has 1 aromatic rings. The van der Waals surface area contributed by atoms with E-state index in [0.717, 1.165) is 12.0 Å². The van der Waals surface area contributed by atoms with E-state index in [2.05, 4.69) is 0 Å². The molecule has 1 rings (SSSR count). The summed E-state index contributed by atoms with van der Waals surface area (Å²) in [7, 11) is -1.84. The van der Waals surface area contributed by atoms with Crippen molar-refractivity contribution in [3.05, 3.63) is 29.8 Å². The van der Waals surface area contributed by atoms with Crippen LogP contribution in [0.5, 0.6) is 0 Å². The average Bonchev–Trinajstić information content (AvgIpc) is 2.29. The first-order chi connectivity index (χ1) is 7.52. The number of likely N-dealkylation sites (N-methyl/N-ethyl adjacent to an activating group) is 1. The summed E-state index contributed by atoms with van der Waals surface area (Å²) in [6, 6.07) is 6.95. The molecule has 16 heavy (non-hydrogen) atoms. The van der Waals surface area contributed by atoms with Crippen molar-refractivity contribution in [2.45, 2.75) is 18.2 Å². The van der Waals surface area contributed by atoms with Gasteiger partial charge in [-0.2, -0.15) is 4.31 Å². The van der Waals surface area contributed by atoms with Crippen LogP contribution in [-0.2, 0) is 16.4 Å². The third kappa shape index (κ3) is 2.81. The van der Waals surface area contributed by atoms with E-state index in [1.54, 1.807) is 12.1 Å². The Kier molecular flexibility index (Phi) is 4.46. The predicted molar refractivity (Wildman–Crippen MR) is 64.7 cm³/mol. The van der Waals surface area contributed by atoms with Crippen LogP contribution in [0.4, 0.5) is 0 Å². The first-order valence-electron chi connectivity index (χ1n) is 5.27. The molecule has 0 saturated heterocycles. The molecule has 0 aromatic heterocycles. The summed E-state index contributed by atoms with van der Waals surface area (Å²) in [5.74, 6) is 0. The summed E-state index contributed by atoms with van der Waals surface area (Å²) in [6.45, 7) is 2.69. The Morgan fingerprint density at radius 2 is 1.81 bits per heavy atom. The molecule has 0 aliphatic rings. The van der Waals surface area contributed by atoms with E-state index in [1.807, 2.05) is 19.1 Å². The number of hydrogen-bond acceptors (Lipinski definition) is 3. The lowest BCUT2D eigenvalue weighted by atomic mass is 10.2. The minimum Gasteiger partial charge on any atom is -0.329 e. The van der Waals surface area contributed by atoms with Gasteiger partial charge in [-0.05, 0) is 24.1 Å². The second-order valence-electron chi connectivity index (χ2n) is 3.61. The number of aryl methyl sites for hydroxylation is 1. The van der Waals surface area contributed by atoms with Crippen LogP contribution in [0.2, 0.25) is 0 Å². The molecule has 0 spiro atoms. The standard InChI is InChI=1S/C11H18N2O2S/c1-3-10-4-6-11(7-5-10)16(14,15)13(2)9-8-12/h4-7H,3,8-9,12H2,1-2H3. The van der Waals surface area contributed by atoms with Gasteiger partial charge in [0.1, 0.15) is 0 Å². The summed E-state index contributed by atoms with van der Waals surface area (Å²) in [4.78, 5) is 0.320. The van der Waals surface area contributed by atoms with E-state index >= 15 is 0 Å². The van der Waals surface area contributed by atoms with Crippen molar-refractivity contribution >= 4 is 10.0 Å². The van der Waals surface area contributed by atoms with E-state index in [4.69, 9.17) is 5.73 Å². The number of nitrogens with zero attached hydrogens (tertiary/aromatic N) is 1. The van der Waals surface area contributed by atoms with Crippen molar-refractivity contribution in [1.29, 1.82) is 0 Å². The lowest BCUT2D eigenvalue weighted by molar-refractivity contribution is 0.476. The second kappa shape index (κ2) is 5.43. The SMILES string of the molecule is CCc1ccc(S(=O)(=O)N(C)CCN)cc1. The minimum atomic E-state index is -3.37. The smallest absolute Gasteiger partial charge is 0.242 e. The maximum atomic E-state index is 12.0. The van der Waals surface area contributed by atoms with Crippen molar-refractivity contribution in [2.24, 2.45) is 5.73 Å². The average molecular weight is 242 g/mol. The molecule has 4 nitrogen and oxygen atoms in total. The largest absolute Gasteiger partial charge is 0.329 e. The van der Waals surface area contributed by atoms with Crippen molar-refractivity contribution in [3.63, 3.8) is 0 Å². The van der Waals surface area contributed by atoms with Crippen LogP contribution in [0, 0.1) is 0 Å². The van der Waals surface area contributed by atoms with Crippen LogP contribution in [-0.4, -0.2) is 32.9 Å². The number of hydrogen-bond donors (Lipinski definition) is 1. The molecule has 0 saturated carbocycles. The maximum Gasteiger partial charge on any atom is 0.242 e. The van der Waals surface area contributed by atoms with Gasteiger partial charge in [-0.25, -0.2) is 8.42 Å². The maximum absolute atomic E-state index is 12.0. The van der Waals surface area contributed by atoms with Gasteiger partial charge in [-0.15, -0.1) is 0 Å². The molecule has 0 aliphatic carbocycles. The highest BCUT2D eigenvalue weighted by molar-refractivity contribution is 7.89. The zero-order valence-electron chi connectivity index (χ0n) is 9.68. The summed E-state index contributed by atoms with van der Waals surface area (Å²) < 4.78 is 25.3. The topological polar surface area (TPSA) is 63.4 Å². The molecule has 0 aliphatic heterocycles. The van der Waals surface area contributed by atoms with E-state index < -0.39 is 10.0 Å². The second-order valence-corrected chi connectivity index (χ2v) is 5.66. The Morgan fingerprint density at radius 1 is 1.25 bits per heavy atom. The van der Waals surface area contributed by atoms with E-state index in [0.29, 0.717) is 18.0 Å². The summed E-state index contributed by atoms with van der Waals surface area (Å²) >= 11 is 0. The van der Waals surface area contributed by atoms with Crippen LogP contribution >= 0.6 is 0 Å². The molecule has 0 radical (unpaired) electrons. The summed E-state index contributed by atoms with van der Waals surface area (Å²) in [5, 5.41) is 0. The fraction of sp³-hybridized carbons (Fsp3) is 0.455. The number of nitrogens with two attached hydrogens (primary N) is 1. The van der Waals surface area contributed by atoms with Crippen LogP contribution in [0.25, 0.3) is 0 Å². The Labute approximate surface area is 97.1 Å². The molecule has 2 N–H and O–H groups in total. The van der Waals surface area contributed by atoms with Crippen molar-refractivity contribution < 1.29 is 8.42 Å². The van der Waals surface area contributed by atoms with Gasteiger partial charge in [-0.1, -0.05) is 19.1 Å². The van der Waals surface area contributed by atoms with Crippen LogP contribution in [0.15, 0.2) is 29.2 Å². The minimum absolute atomic E-state index is 0.320. The molecule has 0 bridgehead atoms. The molecule has 5 heteroatoms. The van der Waals surface area contributed by atoms with Gasteiger partial charge in [0.05, 0.1) is 4.90 Å². The monoisotopic (exact) mass is 242 g/mol. The number of sulfonamides is 1. The molecule has 0 unspecified atom stereocenters. The Morgan fingerprint density at radius 3 is 2.25 bits per heavy atom. The molecular weight excluding hydrogens is 224 g/mol. The fourth-order valence-electron chi connectivity index (χ4n) is 1.38. The highest BCUT2D eigenvalue weighted by atomic mass is 32.2. The zero-order valence-corrected chi connectivity index (χ0v) is 10.5. The number of benzene rings is 1. The van der Waals surface area contributed by atoms with Gasteiger partial charge in [0, 0.05) is 20.1 Å². The molecular formula is C11H18N2O2S. The normalized spacial score (nSPS) is 12.0. The van der Waals surface area contributed by atoms with Crippen LogP contribution in [0.1, 0.15) is 12.5 Å². The summed E-state index contributed by atoms with van der Waals surface area (Å²) in [6.07, 6.45) is 0.902. The lowest BCUT2D eigenvalue weighted by Gasteiger charge is -2.16. The van der Waals surface area contributed by atoms with Gasteiger partial charge >= 0.3 is 0 Å². The fourth-order valence-corrected chi connectivity index (χ4v) is 2.56. The third-order valence-corrected chi connectivity index (χ3v) is 4.35. The Bertz CT molecular complexity index is 426. The predicted octanol–water partition coefficient (Wildman–Crippen LogP) is 0.828. The van der Waals surface area contributed by atoms with Crippen LogP contribution in [0.3, 0.4) is 0 Å². The highest BCUT2D eigenvalue weighted by Crippen LogP contribution is 2.14. The Hall–Kier alpha value is -0.910. The molecule has 0 atom stereocenters. The van der Waals surface area contributed by atoms with Gasteiger partial charge in [0.25, 0.3) is 0 Å². The van der Waals surface area contributed by atoms with Crippen molar-refractivity contribution in [1.82, 2.24) is 4.31 Å². The highest BCUT2D eigenvalue weighted by Gasteiger charge is 2.19. The zero-order chi connectivity index (χ0) is 12.2. The van der Waals surface area contributed by atoms with Crippen molar-refractivity contribution in [2.75, 3.05) is 20.1 Å². The van der Waals surface area contributed by atoms with Crippen LogP contribution < -0.4 is 5.73 Å². The van der Waals surface area contributed by atoms with E-state index in [9.17, 15) is 8.42 Å². The van der Waals surface area contributed by atoms with Gasteiger partial charge in [0.2, 0.25) is 10.0 Å². The lowest BCUT2D eigenvalue weighted by Crippen LogP contribution is -2.31. The van der Waals surface area contributed by atoms with Gasteiger partial charge in [0.15, 0.2) is 0 Å². The molecule has 0 amide bonds. The first kappa shape index (κ1) is 13.2.